The van der Waals surface area contributed by atoms with Crippen LogP contribution in [0.25, 0.3) is 6.08 Å². The molecule has 7 nitrogen and oxygen atoms in total. The molecule has 0 bridgehead atoms. The molecule has 3 rings (SSSR count). The predicted octanol–water partition coefficient (Wildman–Crippen LogP) is 3.13. The van der Waals surface area contributed by atoms with Gasteiger partial charge < -0.3 is 14.4 Å². The highest BCUT2D eigenvalue weighted by Gasteiger charge is 2.37. The molecule has 0 atom stereocenters. The van der Waals surface area contributed by atoms with E-state index in [9.17, 15) is 14.4 Å². The Labute approximate surface area is 169 Å². The van der Waals surface area contributed by atoms with Crippen LogP contribution in [0.5, 0.6) is 11.5 Å². The molecule has 0 N–H and O–H groups in total. The lowest BCUT2D eigenvalue weighted by Crippen LogP contribution is -2.40. The Morgan fingerprint density at radius 2 is 1.81 bits per heavy atom. The normalized spacial score (nSPS) is 18.6. The van der Waals surface area contributed by atoms with Gasteiger partial charge in [0.05, 0.1) is 19.1 Å². The highest BCUT2D eigenvalue weighted by atomic mass is 79.9. The molecule has 2 saturated heterocycles. The fourth-order valence-electron chi connectivity index (χ4n) is 2.96. The largest absolute Gasteiger partial charge is 0.493 e. The molecule has 0 spiro atoms. The minimum atomic E-state index is -0.459. The lowest BCUT2D eigenvalue weighted by Gasteiger charge is -2.18. The first-order chi connectivity index (χ1) is 12.9. The molecule has 9 heteroatoms. The lowest BCUT2D eigenvalue weighted by molar-refractivity contribution is -0.135. The fourth-order valence-corrected chi connectivity index (χ4v) is 4.23. The Balaban J connectivity index is 1.81. The van der Waals surface area contributed by atoms with Crippen LogP contribution in [0.3, 0.4) is 0 Å². The van der Waals surface area contributed by atoms with Crippen LogP contribution >= 0.6 is 27.7 Å². The van der Waals surface area contributed by atoms with Crippen LogP contribution in [0, 0.1) is 0 Å². The lowest BCUT2D eigenvalue weighted by atomic mass is 10.2. The number of carbonyl (C=O) groups excluding carboxylic acids is 3. The molecule has 0 saturated carbocycles. The van der Waals surface area contributed by atoms with Crippen molar-refractivity contribution in [3.05, 3.63) is 27.1 Å². The Bertz CT molecular complexity index is 820. The summed E-state index contributed by atoms with van der Waals surface area (Å²) in [4.78, 5) is 40.1. The summed E-state index contributed by atoms with van der Waals surface area (Å²) in [5.74, 6) is 0.406. The average Bonchev–Trinajstić information content (AvgIpc) is 3.28. The van der Waals surface area contributed by atoms with Crippen molar-refractivity contribution in [3.8, 4) is 11.5 Å². The van der Waals surface area contributed by atoms with Gasteiger partial charge in [0.25, 0.3) is 11.1 Å². The van der Waals surface area contributed by atoms with Crippen molar-refractivity contribution >= 4 is 50.8 Å². The van der Waals surface area contributed by atoms with E-state index in [0.29, 0.717) is 34.6 Å². The van der Waals surface area contributed by atoms with Gasteiger partial charge in [-0.3, -0.25) is 19.3 Å². The number of imide groups is 1. The van der Waals surface area contributed by atoms with Crippen molar-refractivity contribution in [2.45, 2.75) is 12.8 Å². The molecule has 1 aromatic carbocycles. The maximum atomic E-state index is 12.6. The number of carbonyl (C=O) groups is 3. The molecular weight excluding hydrogens is 436 g/mol. The summed E-state index contributed by atoms with van der Waals surface area (Å²) >= 11 is 4.26. The second kappa shape index (κ2) is 8.35. The number of benzene rings is 1. The maximum Gasteiger partial charge on any atom is 0.294 e. The monoisotopic (exact) mass is 454 g/mol. The number of likely N-dealkylation sites (tertiary alicyclic amines) is 1. The SMILES string of the molecule is COc1cc(Br)c(/C=C2\SC(=O)N(CC(=O)N3CCCC3)C2=O)cc1OC. The smallest absolute Gasteiger partial charge is 0.294 e. The molecule has 27 heavy (non-hydrogen) atoms. The first-order valence-corrected chi connectivity index (χ1v) is 10.00. The minimum absolute atomic E-state index is 0.191. The predicted molar refractivity (Wildman–Crippen MR) is 106 cm³/mol. The molecule has 2 fully saturated rings. The van der Waals surface area contributed by atoms with Crippen LogP contribution < -0.4 is 9.47 Å². The molecule has 2 aliphatic heterocycles. The van der Waals surface area contributed by atoms with Gasteiger partial charge in [0.1, 0.15) is 6.54 Å². The van der Waals surface area contributed by atoms with E-state index < -0.39 is 11.1 Å². The number of hydrogen-bond acceptors (Lipinski definition) is 6. The van der Waals surface area contributed by atoms with E-state index in [1.54, 1.807) is 23.1 Å². The third-order valence-corrected chi connectivity index (χ3v) is 6.01. The third kappa shape index (κ3) is 4.14. The van der Waals surface area contributed by atoms with E-state index in [0.717, 1.165) is 29.5 Å². The summed E-state index contributed by atoms with van der Waals surface area (Å²) in [7, 11) is 3.06. The highest BCUT2D eigenvalue weighted by Crippen LogP contribution is 2.37. The van der Waals surface area contributed by atoms with Crippen molar-refractivity contribution in [3.63, 3.8) is 0 Å². The van der Waals surface area contributed by atoms with Crippen molar-refractivity contribution in [1.82, 2.24) is 9.80 Å². The zero-order valence-electron chi connectivity index (χ0n) is 15.0. The van der Waals surface area contributed by atoms with Crippen molar-refractivity contribution in [2.75, 3.05) is 33.9 Å². The number of methoxy groups -OCH3 is 2. The minimum Gasteiger partial charge on any atom is -0.493 e. The Hall–Kier alpha value is -2.00. The van der Waals surface area contributed by atoms with Crippen molar-refractivity contribution < 1.29 is 23.9 Å². The van der Waals surface area contributed by atoms with Crippen LogP contribution in [0.15, 0.2) is 21.5 Å². The fraction of sp³-hybridized carbons (Fsp3) is 0.389. The van der Waals surface area contributed by atoms with Crippen LogP contribution in [0.1, 0.15) is 18.4 Å². The number of rotatable bonds is 5. The standard InChI is InChI=1S/C18H19BrN2O5S/c1-25-13-7-11(12(19)9-14(13)26-2)8-15-17(23)21(18(24)27-15)10-16(22)20-5-3-4-6-20/h7-9H,3-6,10H2,1-2H3/b15-8-. The van der Waals surface area contributed by atoms with Crippen LogP contribution in [-0.4, -0.2) is 60.7 Å². The van der Waals surface area contributed by atoms with Gasteiger partial charge in [0.2, 0.25) is 5.91 Å². The van der Waals surface area contributed by atoms with E-state index in [1.165, 1.54) is 14.2 Å². The van der Waals surface area contributed by atoms with Gasteiger partial charge in [-0.25, -0.2) is 0 Å². The van der Waals surface area contributed by atoms with E-state index >= 15 is 0 Å². The van der Waals surface area contributed by atoms with Crippen molar-refractivity contribution in [2.24, 2.45) is 0 Å². The number of hydrogen-bond donors (Lipinski definition) is 0. The molecule has 2 aliphatic rings. The van der Waals surface area contributed by atoms with Gasteiger partial charge in [-0.15, -0.1) is 0 Å². The highest BCUT2D eigenvalue weighted by molar-refractivity contribution is 9.10. The molecule has 0 aromatic heterocycles. The number of halogens is 1. The Morgan fingerprint density at radius 1 is 1.19 bits per heavy atom. The van der Waals surface area contributed by atoms with Gasteiger partial charge in [-0.05, 0) is 48.4 Å². The molecule has 0 radical (unpaired) electrons. The molecule has 1 aromatic rings. The summed E-state index contributed by atoms with van der Waals surface area (Å²) in [6.07, 6.45) is 3.53. The average molecular weight is 455 g/mol. The zero-order chi connectivity index (χ0) is 19.6. The Kier molecular flexibility index (Phi) is 6.11. The number of ether oxygens (including phenoxy) is 2. The number of thioether (sulfide) groups is 1. The van der Waals surface area contributed by atoms with Gasteiger partial charge in [-0.1, -0.05) is 15.9 Å². The maximum absolute atomic E-state index is 12.6. The molecule has 2 heterocycles. The van der Waals surface area contributed by atoms with Gasteiger partial charge in [-0.2, -0.15) is 0 Å². The summed E-state index contributed by atoms with van der Waals surface area (Å²) in [5.41, 5.74) is 0.670. The van der Waals surface area contributed by atoms with Crippen LogP contribution in [0.4, 0.5) is 4.79 Å². The first-order valence-electron chi connectivity index (χ1n) is 8.39. The first kappa shape index (κ1) is 19.8. The van der Waals surface area contributed by atoms with Gasteiger partial charge in [0, 0.05) is 17.6 Å². The quantitative estimate of drug-likeness (QED) is 0.636. The van der Waals surface area contributed by atoms with Crippen LogP contribution in [-0.2, 0) is 9.59 Å². The molecule has 3 amide bonds. The van der Waals surface area contributed by atoms with Crippen molar-refractivity contribution in [1.29, 1.82) is 0 Å². The third-order valence-electron chi connectivity index (χ3n) is 4.42. The van der Waals surface area contributed by atoms with E-state index in [4.69, 9.17) is 9.47 Å². The summed E-state index contributed by atoms with van der Waals surface area (Å²) < 4.78 is 11.2. The van der Waals surface area contributed by atoms with Crippen LogP contribution in [0.2, 0.25) is 0 Å². The second-order valence-electron chi connectivity index (χ2n) is 6.08. The topological polar surface area (TPSA) is 76.2 Å². The van der Waals surface area contributed by atoms with E-state index in [2.05, 4.69) is 15.9 Å². The second-order valence-corrected chi connectivity index (χ2v) is 7.93. The number of amides is 3. The summed E-state index contributed by atoms with van der Waals surface area (Å²) in [5, 5.41) is -0.435. The summed E-state index contributed by atoms with van der Waals surface area (Å²) in [6.45, 7) is 1.15. The van der Waals surface area contributed by atoms with E-state index in [1.807, 2.05) is 0 Å². The van der Waals surface area contributed by atoms with E-state index in [-0.39, 0.29) is 17.4 Å². The molecular formula is C18H19BrN2O5S. The molecule has 0 unspecified atom stereocenters. The molecule has 0 aliphatic carbocycles. The Morgan fingerprint density at radius 3 is 2.44 bits per heavy atom. The zero-order valence-corrected chi connectivity index (χ0v) is 17.4. The molecule has 144 valence electrons. The number of nitrogens with zero attached hydrogens (tertiary/aromatic N) is 2. The van der Waals surface area contributed by atoms with Gasteiger partial charge >= 0.3 is 0 Å². The van der Waals surface area contributed by atoms with Gasteiger partial charge in [0.15, 0.2) is 11.5 Å². The summed E-state index contributed by atoms with van der Waals surface area (Å²) in [6, 6.07) is 3.44.